The highest BCUT2D eigenvalue weighted by atomic mass is 32.2. The third-order valence-corrected chi connectivity index (χ3v) is 5.33. The predicted molar refractivity (Wildman–Crippen MR) is 79.4 cm³/mol. The molecule has 1 atom stereocenters. The van der Waals surface area contributed by atoms with E-state index in [0.717, 1.165) is 0 Å². The van der Waals surface area contributed by atoms with Crippen LogP contribution in [0.5, 0.6) is 0 Å². The van der Waals surface area contributed by atoms with Crippen LogP contribution in [-0.2, 0) is 9.84 Å². The van der Waals surface area contributed by atoms with Crippen molar-refractivity contribution in [2.75, 3.05) is 0 Å². The van der Waals surface area contributed by atoms with Gasteiger partial charge in [0.2, 0.25) is 9.84 Å². The summed E-state index contributed by atoms with van der Waals surface area (Å²) < 4.78 is 25.2. The first-order valence-corrected chi connectivity index (χ1v) is 7.89. The molecule has 1 unspecified atom stereocenters. The normalized spacial score (nSPS) is 17.1. The Morgan fingerprint density at radius 1 is 1.00 bits per heavy atom. The van der Waals surface area contributed by atoms with Crippen LogP contribution in [0.25, 0.3) is 0 Å². The van der Waals surface area contributed by atoms with E-state index in [9.17, 15) is 13.2 Å². The molecule has 0 saturated carbocycles. The molecule has 0 spiro atoms. The molecule has 1 N–H and O–H groups in total. The highest BCUT2D eigenvalue weighted by molar-refractivity contribution is 7.95. The van der Waals surface area contributed by atoms with E-state index in [1.54, 1.807) is 42.5 Å². The minimum Gasteiger partial charge on any atom is -0.340 e. The van der Waals surface area contributed by atoms with Gasteiger partial charge < -0.3 is 5.32 Å². The van der Waals surface area contributed by atoms with Crippen molar-refractivity contribution >= 4 is 15.7 Å². The second kappa shape index (κ2) is 4.86. The van der Waals surface area contributed by atoms with Gasteiger partial charge >= 0.3 is 0 Å². The third kappa shape index (κ3) is 2.15. The highest BCUT2D eigenvalue weighted by Gasteiger charge is 2.35. The Balaban J connectivity index is 2.03. The SMILES string of the molecule is C=C(C1NC(=O)c2ccccc21)S(=O)(=O)c1ccccc1. The summed E-state index contributed by atoms with van der Waals surface area (Å²) in [5.41, 5.74) is 1.14. The van der Waals surface area contributed by atoms with Gasteiger partial charge in [-0.3, -0.25) is 4.79 Å². The van der Waals surface area contributed by atoms with Gasteiger partial charge in [0.15, 0.2) is 0 Å². The standard InChI is InChI=1S/C16H13NO3S/c1-11(21(19,20)12-7-3-2-4-8-12)15-13-9-5-6-10-14(13)16(18)17-15/h2-10,15H,1H2,(H,17,18). The number of fused-ring (bicyclic) bond motifs is 1. The van der Waals surface area contributed by atoms with E-state index in [-0.39, 0.29) is 15.7 Å². The molecule has 1 aliphatic heterocycles. The molecule has 0 radical (unpaired) electrons. The number of sulfone groups is 1. The Morgan fingerprint density at radius 2 is 1.62 bits per heavy atom. The van der Waals surface area contributed by atoms with Crippen LogP contribution in [0.2, 0.25) is 0 Å². The molecule has 1 amide bonds. The number of carbonyl (C=O) groups excluding carboxylic acids is 1. The van der Waals surface area contributed by atoms with Gasteiger partial charge in [-0.1, -0.05) is 43.0 Å². The lowest BCUT2D eigenvalue weighted by molar-refractivity contribution is 0.0961. The highest BCUT2D eigenvalue weighted by Crippen LogP contribution is 2.34. The Hall–Kier alpha value is -2.40. The van der Waals surface area contributed by atoms with Crippen LogP contribution in [0.15, 0.2) is 71.0 Å². The van der Waals surface area contributed by atoms with Gasteiger partial charge in [-0.15, -0.1) is 0 Å². The molecular formula is C16H13NO3S. The molecule has 21 heavy (non-hydrogen) atoms. The first kappa shape index (κ1) is 13.6. The van der Waals surface area contributed by atoms with Gasteiger partial charge in [0.25, 0.3) is 5.91 Å². The molecule has 5 heteroatoms. The molecule has 0 aromatic heterocycles. The zero-order valence-corrected chi connectivity index (χ0v) is 11.9. The quantitative estimate of drug-likeness (QED) is 0.947. The van der Waals surface area contributed by atoms with Gasteiger partial charge in [0, 0.05) is 5.56 Å². The van der Waals surface area contributed by atoms with E-state index in [2.05, 4.69) is 11.9 Å². The van der Waals surface area contributed by atoms with E-state index < -0.39 is 15.9 Å². The topological polar surface area (TPSA) is 63.2 Å². The van der Waals surface area contributed by atoms with Crippen LogP contribution in [0.3, 0.4) is 0 Å². The second-order valence-corrected chi connectivity index (χ2v) is 6.78. The first-order valence-electron chi connectivity index (χ1n) is 6.40. The lowest BCUT2D eigenvalue weighted by atomic mass is 10.1. The number of hydrogen-bond acceptors (Lipinski definition) is 3. The van der Waals surface area contributed by atoms with Crippen LogP contribution >= 0.6 is 0 Å². The van der Waals surface area contributed by atoms with Gasteiger partial charge in [-0.25, -0.2) is 8.42 Å². The van der Waals surface area contributed by atoms with Crippen LogP contribution < -0.4 is 5.32 Å². The summed E-state index contributed by atoms with van der Waals surface area (Å²) in [7, 11) is -3.70. The molecule has 106 valence electrons. The fourth-order valence-electron chi connectivity index (χ4n) is 2.40. The zero-order chi connectivity index (χ0) is 15.0. The van der Waals surface area contributed by atoms with Crippen LogP contribution in [-0.4, -0.2) is 14.3 Å². The number of hydrogen-bond donors (Lipinski definition) is 1. The molecule has 0 saturated heterocycles. The summed E-state index contributed by atoms with van der Waals surface area (Å²) in [6.45, 7) is 3.72. The van der Waals surface area contributed by atoms with Crippen molar-refractivity contribution < 1.29 is 13.2 Å². The van der Waals surface area contributed by atoms with Crippen molar-refractivity contribution in [2.24, 2.45) is 0 Å². The van der Waals surface area contributed by atoms with Gasteiger partial charge in [0.1, 0.15) is 0 Å². The molecule has 1 heterocycles. The lowest BCUT2D eigenvalue weighted by Crippen LogP contribution is -2.23. The van der Waals surface area contributed by atoms with Crippen molar-refractivity contribution in [3.8, 4) is 0 Å². The van der Waals surface area contributed by atoms with Crippen LogP contribution in [0.1, 0.15) is 22.0 Å². The third-order valence-electron chi connectivity index (χ3n) is 3.51. The summed E-state index contributed by atoms with van der Waals surface area (Å²) in [6, 6.07) is 14.3. The van der Waals surface area contributed by atoms with Crippen molar-refractivity contribution in [2.45, 2.75) is 10.9 Å². The first-order chi connectivity index (χ1) is 10.0. The minimum atomic E-state index is -3.70. The lowest BCUT2D eigenvalue weighted by Gasteiger charge is -2.15. The number of nitrogens with one attached hydrogen (secondary N) is 1. The maximum Gasteiger partial charge on any atom is 0.252 e. The average molecular weight is 299 g/mol. The van der Waals surface area contributed by atoms with Crippen molar-refractivity contribution in [1.82, 2.24) is 5.32 Å². The zero-order valence-electron chi connectivity index (χ0n) is 11.1. The van der Waals surface area contributed by atoms with Crippen LogP contribution in [0.4, 0.5) is 0 Å². The summed E-state index contributed by atoms with van der Waals surface area (Å²) in [4.78, 5) is 12.1. The average Bonchev–Trinajstić information content (AvgIpc) is 2.85. The molecule has 3 rings (SSSR count). The second-order valence-electron chi connectivity index (χ2n) is 4.78. The molecule has 0 aliphatic carbocycles. The monoisotopic (exact) mass is 299 g/mol. The number of carbonyl (C=O) groups is 1. The molecule has 2 aromatic carbocycles. The maximum absolute atomic E-state index is 12.6. The molecule has 2 aromatic rings. The van der Waals surface area contributed by atoms with E-state index in [1.807, 2.05) is 0 Å². The number of rotatable bonds is 3. The Labute approximate surface area is 123 Å². The molecule has 0 bridgehead atoms. The van der Waals surface area contributed by atoms with Crippen molar-refractivity contribution in [1.29, 1.82) is 0 Å². The maximum atomic E-state index is 12.6. The largest absolute Gasteiger partial charge is 0.340 e. The number of benzene rings is 2. The molecular weight excluding hydrogens is 286 g/mol. The summed E-state index contributed by atoms with van der Waals surface area (Å²) >= 11 is 0. The summed E-state index contributed by atoms with van der Waals surface area (Å²) in [6.07, 6.45) is 0. The summed E-state index contributed by atoms with van der Waals surface area (Å²) in [5.74, 6) is -0.278. The predicted octanol–water partition coefficient (Wildman–Crippen LogP) is 2.46. The fourth-order valence-corrected chi connectivity index (χ4v) is 3.72. The minimum absolute atomic E-state index is 0.0213. The Bertz CT molecular complexity index is 826. The van der Waals surface area contributed by atoms with E-state index in [1.165, 1.54) is 12.1 Å². The Morgan fingerprint density at radius 3 is 2.33 bits per heavy atom. The fraction of sp³-hybridized carbons (Fsp3) is 0.0625. The van der Waals surface area contributed by atoms with E-state index >= 15 is 0 Å². The smallest absolute Gasteiger partial charge is 0.252 e. The van der Waals surface area contributed by atoms with Gasteiger partial charge in [0.05, 0.1) is 15.8 Å². The molecule has 0 fully saturated rings. The van der Waals surface area contributed by atoms with Gasteiger partial charge in [-0.05, 0) is 23.8 Å². The molecule has 1 aliphatic rings. The van der Waals surface area contributed by atoms with Crippen molar-refractivity contribution in [3.63, 3.8) is 0 Å². The van der Waals surface area contributed by atoms with Crippen LogP contribution in [0, 0.1) is 0 Å². The van der Waals surface area contributed by atoms with Crippen molar-refractivity contribution in [3.05, 3.63) is 77.2 Å². The number of amides is 1. The van der Waals surface area contributed by atoms with E-state index in [0.29, 0.717) is 11.1 Å². The van der Waals surface area contributed by atoms with E-state index in [4.69, 9.17) is 0 Å². The Kier molecular flexibility index (Phi) is 3.14. The van der Waals surface area contributed by atoms with Gasteiger partial charge in [-0.2, -0.15) is 0 Å². The summed E-state index contributed by atoms with van der Waals surface area (Å²) in [5, 5.41) is 2.68. The molecule has 4 nitrogen and oxygen atoms in total.